The third kappa shape index (κ3) is 2.53. The molecule has 2 aliphatic rings. The van der Waals surface area contributed by atoms with Crippen LogP contribution in [0.2, 0.25) is 0 Å². The molecule has 1 aliphatic heterocycles. The number of carbonyl (C=O) groups excluding carboxylic acids is 3. The van der Waals surface area contributed by atoms with Gasteiger partial charge in [-0.2, -0.15) is 0 Å². The molecular formula is C16H20N2O4. The average Bonchev–Trinajstić information content (AvgIpc) is 3.13. The van der Waals surface area contributed by atoms with Gasteiger partial charge in [0.1, 0.15) is 11.8 Å². The number of rotatable bonds is 4. The zero-order chi connectivity index (χ0) is 15.7. The Bertz CT molecular complexity index is 557. The Morgan fingerprint density at radius 3 is 2.50 bits per heavy atom. The molecule has 0 aromatic carbocycles. The first-order valence-electron chi connectivity index (χ1n) is 7.76. The zero-order valence-electron chi connectivity index (χ0n) is 12.6. The van der Waals surface area contributed by atoms with Gasteiger partial charge in [-0.05, 0) is 31.9 Å². The molecule has 3 amide bonds. The van der Waals surface area contributed by atoms with Crippen molar-refractivity contribution in [3.63, 3.8) is 0 Å². The SMILES string of the molecule is CC(C(=O)NCc1ccco1)N1C(=O)C2CCCCC2C1=O. The molecule has 1 aliphatic carbocycles. The quantitative estimate of drug-likeness (QED) is 0.854. The fourth-order valence-electron chi connectivity index (χ4n) is 3.42. The lowest BCUT2D eigenvalue weighted by Crippen LogP contribution is -2.48. The minimum Gasteiger partial charge on any atom is -0.467 e. The monoisotopic (exact) mass is 304 g/mol. The molecular weight excluding hydrogens is 284 g/mol. The third-order valence-corrected chi connectivity index (χ3v) is 4.66. The van der Waals surface area contributed by atoms with Crippen molar-refractivity contribution in [2.75, 3.05) is 0 Å². The Labute approximate surface area is 128 Å². The van der Waals surface area contributed by atoms with Gasteiger partial charge in [0.05, 0.1) is 24.6 Å². The van der Waals surface area contributed by atoms with Crippen molar-refractivity contribution in [1.29, 1.82) is 0 Å². The number of nitrogens with zero attached hydrogens (tertiary/aromatic N) is 1. The fourth-order valence-corrected chi connectivity index (χ4v) is 3.42. The summed E-state index contributed by atoms with van der Waals surface area (Å²) in [5.74, 6) is -0.515. The summed E-state index contributed by atoms with van der Waals surface area (Å²) in [4.78, 5) is 38.3. The van der Waals surface area contributed by atoms with Gasteiger partial charge in [0.2, 0.25) is 17.7 Å². The first-order valence-corrected chi connectivity index (χ1v) is 7.76. The van der Waals surface area contributed by atoms with Gasteiger partial charge in [0.15, 0.2) is 0 Å². The van der Waals surface area contributed by atoms with E-state index in [4.69, 9.17) is 4.42 Å². The van der Waals surface area contributed by atoms with Crippen molar-refractivity contribution in [2.45, 2.75) is 45.2 Å². The van der Waals surface area contributed by atoms with Gasteiger partial charge in [-0.1, -0.05) is 12.8 Å². The molecule has 0 spiro atoms. The van der Waals surface area contributed by atoms with Crippen LogP contribution < -0.4 is 5.32 Å². The molecule has 1 saturated carbocycles. The Morgan fingerprint density at radius 1 is 1.32 bits per heavy atom. The number of amides is 3. The molecule has 6 heteroatoms. The second-order valence-electron chi connectivity index (χ2n) is 6.02. The molecule has 0 bridgehead atoms. The van der Waals surface area contributed by atoms with E-state index in [0.29, 0.717) is 5.76 Å². The van der Waals surface area contributed by atoms with E-state index in [-0.39, 0.29) is 36.1 Å². The van der Waals surface area contributed by atoms with Crippen LogP contribution in [0.25, 0.3) is 0 Å². The Kier molecular flexibility index (Phi) is 4.00. The minimum absolute atomic E-state index is 0.185. The van der Waals surface area contributed by atoms with Crippen LogP contribution in [0.3, 0.4) is 0 Å². The standard InChI is InChI=1S/C16H20N2O4/c1-10(14(19)17-9-11-5-4-8-22-11)18-15(20)12-6-2-3-7-13(12)16(18)21/h4-5,8,10,12-13H,2-3,6-7,9H2,1H3,(H,17,19). The third-order valence-electron chi connectivity index (χ3n) is 4.66. The number of hydrogen-bond acceptors (Lipinski definition) is 4. The van der Waals surface area contributed by atoms with Crippen LogP contribution in [0.4, 0.5) is 0 Å². The molecule has 1 saturated heterocycles. The van der Waals surface area contributed by atoms with Crippen LogP contribution in [-0.4, -0.2) is 28.7 Å². The first kappa shape index (κ1) is 14.8. The molecule has 1 aromatic heterocycles. The van der Waals surface area contributed by atoms with Crippen LogP contribution in [0, 0.1) is 11.8 Å². The first-order chi connectivity index (χ1) is 10.6. The second-order valence-corrected chi connectivity index (χ2v) is 6.02. The molecule has 2 heterocycles. The van der Waals surface area contributed by atoms with E-state index in [1.54, 1.807) is 19.1 Å². The Morgan fingerprint density at radius 2 is 1.95 bits per heavy atom. The van der Waals surface area contributed by atoms with Gasteiger partial charge >= 0.3 is 0 Å². The Hall–Kier alpha value is -2.11. The highest BCUT2D eigenvalue weighted by molar-refractivity contribution is 6.08. The van der Waals surface area contributed by atoms with Crippen molar-refractivity contribution in [3.05, 3.63) is 24.2 Å². The highest BCUT2D eigenvalue weighted by Gasteiger charge is 2.50. The molecule has 118 valence electrons. The Balaban J connectivity index is 1.65. The van der Waals surface area contributed by atoms with Crippen LogP contribution >= 0.6 is 0 Å². The summed E-state index contributed by atoms with van der Waals surface area (Å²) in [6, 6.07) is 2.72. The molecule has 0 radical (unpaired) electrons. The topological polar surface area (TPSA) is 79.6 Å². The van der Waals surface area contributed by atoms with Gasteiger partial charge in [-0.3, -0.25) is 19.3 Å². The number of fused-ring (bicyclic) bond motifs is 1. The van der Waals surface area contributed by atoms with Crippen LogP contribution in [0.5, 0.6) is 0 Å². The number of carbonyl (C=O) groups is 3. The number of furan rings is 1. The zero-order valence-corrected chi connectivity index (χ0v) is 12.6. The second kappa shape index (κ2) is 5.94. The van der Waals surface area contributed by atoms with Gasteiger partial charge in [-0.15, -0.1) is 0 Å². The molecule has 1 aromatic rings. The smallest absolute Gasteiger partial charge is 0.243 e. The molecule has 1 N–H and O–H groups in total. The van der Waals surface area contributed by atoms with E-state index in [2.05, 4.69) is 5.32 Å². The molecule has 3 rings (SSSR count). The lowest BCUT2D eigenvalue weighted by atomic mass is 9.81. The van der Waals surface area contributed by atoms with Crippen molar-refractivity contribution in [3.8, 4) is 0 Å². The van der Waals surface area contributed by atoms with E-state index < -0.39 is 6.04 Å². The van der Waals surface area contributed by atoms with Crippen LogP contribution in [0.15, 0.2) is 22.8 Å². The van der Waals surface area contributed by atoms with Crippen LogP contribution in [-0.2, 0) is 20.9 Å². The molecule has 3 unspecified atom stereocenters. The molecule has 22 heavy (non-hydrogen) atoms. The van der Waals surface area contributed by atoms with Gasteiger partial charge in [0, 0.05) is 0 Å². The van der Waals surface area contributed by atoms with Crippen molar-refractivity contribution < 1.29 is 18.8 Å². The number of likely N-dealkylation sites (tertiary alicyclic amines) is 1. The average molecular weight is 304 g/mol. The summed E-state index contributed by atoms with van der Waals surface area (Å²) < 4.78 is 5.15. The van der Waals surface area contributed by atoms with Gasteiger partial charge < -0.3 is 9.73 Å². The van der Waals surface area contributed by atoms with E-state index in [1.165, 1.54) is 6.26 Å². The summed E-state index contributed by atoms with van der Waals surface area (Å²) in [6.45, 7) is 1.85. The highest BCUT2D eigenvalue weighted by atomic mass is 16.3. The number of nitrogens with one attached hydrogen (secondary N) is 1. The van der Waals surface area contributed by atoms with E-state index in [1.807, 2.05) is 0 Å². The fraction of sp³-hybridized carbons (Fsp3) is 0.562. The predicted molar refractivity (Wildman–Crippen MR) is 77.3 cm³/mol. The van der Waals surface area contributed by atoms with Crippen LogP contribution in [0.1, 0.15) is 38.4 Å². The summed E-state index contributed by atoms with van der Waals surface area (Å²) in [5.41, 5.74) is 0. The largest absolute Gasteiger partial charge is 0.467 e. The summed E-state index contributed by atoms with van der Waals surface area (Å²) in [7, 11) is 0. The van der Waals surface area contributed by atoms with Crippen molar-refractivity contribution >= 4 is 17.7 Å². The van der Waals surface area contributed by atoms with Crippen molar-refractivity contribution in [1.82, 2.24) is 10.2 Å². The molecule has 3 atom stereocenters. The summed E-state index contributed by atoms with van der Waals surface area (Å²) >= 11 is 0. The van der Waals surface area contributed by atoms with Gasteiger partial charge in [0.25, 0.3) is 0 Å². The maximum Gasteiger partial charge on any atom is 0.243 e. The van der Waals surface area contributed by atoms with Gasteiger partial charge in [-0.25, -0.2) is 0 Å². The minimum atomic E-state index is -0.777. The normalized spacial score (nSPS) is 26.0. The van der Waals surface area contributed by atoms with Crippen molar-refractivity contribution in [2.24, 2.45) is 11.8 Å². The number of imide groups is 1. The van der Waals surface area contributed by atoms with E-state index >= 15 is 0 Å². The van der Waals surface area contributed by atoms with E-state index in [9.17, 15) is 14.4 Å². The predicted octanol–water partition coefficient (Wildman–Crippen LogP) is 1.46. The summed E-state index contributed by atoms with van der Waals surface area (Å²) in [5, 5.41) is 2.71. The maximum absolute atomic E-state index is 12.4. The molecule has 6 nitrogen and oxygen atoms in total. The molecule has 2 fully saturated rings. The maximum atomic E-state index is 12.4. The van der Waals surface area contributed by atoms with E-state index in [0.717, 1.165) is 30.6 Å². The summed E-state index contributed by atoms with van der Waals surface area (Å²) in [6.07, 6.45) is 5.00. The lowest BCUT2D eigenvalue weighted by molar-refractivity contribution is -0.147. The lowest BCUT2D eigenvalue weighted by Gasteiger charge is -2.22. The number of hydrogen-bond donors (Lipinski definition) is 1. The highest BCUT2D eigenvalue weighted by Crippen LogP contribution is 2.38.